The second kappa shape index (κ2) is 11.1. The normalized spacial score (nSPS) is 14.6. The number of piperazine rings is 1. The fourth-order valence-electron chi connectivity index (χ4n) is 4.00. The van der Waals surface area contributed by atoms with E-state index in [-0.39, 0.29) is 17.1 Å². The summed E-state index contributed by atoms with van der Waals surface area (Å²) in [5.74, 6) is 1.10. The molecule has 0 saturated carbocycles. The first-order chi connectivity index (χ1) is 14.9. The second-order valence-corrected chi connectivity index (χ2v) is 8.47. The van der Waals surface area contributed by atoms with Gasteiger partial charge in [-0.25, -0.2) is 0 Å². The van der Waals surface area contributed by atoms with E-state index >= 15 is 0 Å². The maximum Gasteiger partial charge on any atom is 0.227 e. The zero-order chi connectivity index (χ0) is 22.2. The van der Waals surface area contributed by atoms with Crippen molar-refractivity contribution in [3.63, 3.8) is 0 Å². The number of rotatable bonds is 9. The van der Waals surface area contributed by atoms with Crippen LogP contribution in [0.3, 0.4) is 0 Å². The molecule has 1 aliphatic heterocycles. The molecule has 0 radical (unpaired) electrons. The Kier molecular flexibility index (Phi) is 8.29. The van der Waals surface area contributed by atoms with Gasteiger partial charge in [0.05, 0.1) is 6.54 Å². The minimum atomic E-state index is -0.171. The van der Waals surface area contributed by atoms with Crippen LogP contribution in [0.1, 0.15) is 55.1 Å². The number of unbranched alkanes of at least 4 members (excludes halogenated alkanes) is 2. The highest BCUT2D eigenvalue weighted by molar-refractivity contribution is 5.76. The van der Waals surface area contributed by atoms with Crippen molar-refractivity contribution in [3.05, 3.63) is 63.2 Å². The first-order valence-electron chi connectivity index (χ1n) is 11.3. The van der Waals surface area contributed by atoms with Crippen LogP contribution in [0.15, 0.2) is 39.7 Å². The quantitative estimate of drug-likeness (QED) is 0.566. The molecule has 1 amide bonds. The number of aryl methyl sites for hydroxylation is 2. The van der Waals surface area contributed by atoms with Gasteiger partial charge in [0.15, 0.2) is 0 Å². The lowest BCUT2D eigenvalue weighted by molar-refractivity contribution is -0.133. The summed E-state index contributed by atoms with van der Waals surface area (Å²) in [5, 5.41) is 0. The summed E-state index contributed by atoms with van der Waals surface area (Å²) in [6.07, 6.45) is 5.26. The van der Waals surface area contributed by atoms with Gasteiger partial charge >= 0.3 is 0 Å². The van der Waals surface area contributed by atoms with Crippen molar-refractivity contribution in [3.8, 4) is 5.75 Å². The van der Waals surface area contributed by atoms with Gasteiger partial charge in [-0.15, -0.1) is 0 Å². The molecule has 0 bridgehead atoms. The van der Waals surface area contributed by atoms with Crippen LogP contribution in [0.5, 0.6) is 5.75 Å². The van der Waals surface area contributed by atoms with Crippen molar-refractivity contribution < 1.29 is 13.9 Å². The van der Waals surface area contributed by atoms with Gasteiger partial charge in [0.2, 0.25) is 17.1 Å². The molecule has 3 rings (SSSR count). The lowest BCUT2D eigenvalue weighted by Gasteiger charge is -2.34. The van der Waals surface area contributed by atoms with Gasteiger partial charge in [-0.3, -0.25) is 14.5 Å². The Balaban J connectivity index is 1.48. The van der Waals surface area contributed by atoms with E-state index in [9.17, 15) is 9.59 Å². The van der Waals surface area contributed by atoms with Crippen LogP contribution in [0.25, 0.3) is 0 Å². The highest BCUT2D eigenvalue weighted by Gasteiger charge is 2.21. The number of ether oxygens (including phenoxy) is 1. The number of hydrogen-bond acceptors (Lipinski definition) is 5. The van der Waals surface area contributed by atoms with Crippen molar-refractivity contribution >= 4 is 5.91 Å². The van der Waals surface area contributed by atoms with Crippen LogP contribution in [0.2, 0.25) is 0 Å². The number of amides is 1. The summed E-state index contributed by atoms with van der Waals surface area (Å²) in [4.78, 5) is 28.9. The van der Waals surface area contributed by atoms with Crippen LogP contribution in [0.4, 0.5) is 0 Å². The number of carbonyl (C=O) groups excluding carboxylic acids is 1. The smallest absolute Gasteiger partial charge is 0.227 e. The minimum absolute atomic E-state index is 0.171. The number of hydrogen-bond donors (Lipinski definition) is 0. The largest absolute Gasteiger partial charge is 0.482 e. The minimum Gasteiger partial charge on any atom is -0.482 e. The number of carbonyl (C=O) groups is 1. The number of benzene rings is 1. The molecule has 1 aromatic heterocycles. The van der Waals surface area contributed by atoms with E-state index in [1.807, 2.05) is 18.7 Å². The molecule has 0 N–H and O–H groups in total. The molecule has 0 atom stereocenters. The third kappa shape index (κ3) is 6.96. The van der Waals surface area contributed by atoms with Gasteiger partial charge in [-0.1, -0.05) is 49.1 Å². The van der Waals surface area contributed by atoms with E-state index in [4.69, 9.17) is 9.15 Å². The van der Waals surface area contributed by atoms with E-state index in [0.717, 1.165) is 51.0 Å². The monoisotopic (exact) mass is 426 g/mol. The first-order valence-corrected chi connectivity index (χ1v) is 11.3. The Bertz CT molecular complexity index is 909. The van der Waals surface area contributed by atoms with Gasteiger partial charge < -0.3 is 14.1 Å². The standard InChI is InChI=1S/C25H34N2O4/c1-4-5-6-7-25(29)27-10-8-26(9-11-27)16-22-15-23(28)24(18-30-22)31-17-21-13-19(2)12-20(3)14-21/h12-15,18H,4-11,16-17H2,1-3H3. The average molecular weight is 427 g/mol. The molecule has 1 aromatic carbocycles. The van der Waals surface area contributed by atoms with E-state index in [0.29, 0.717) is 25.3 Å². The molecule has 2 aromatic rings. The molecule has 31 heavy (non-hydrogen) atoms. The molecular formula is C25H34N2O4. The van der Waals surface area contributed by atoms with Crippen molar-refractivity contribution in [2.75, 3.05) is 26.2 Å². The van der Waals surface area contributed by atoms with Gasteiger partial charge in [0.25, 0.3) is 0 Å². The predicted molar refractivity (Wildman–Crippen MR) is 121 cm³/mol. The van der Waals surface area contributed by atoms with E-state index in [1.54, 1.807) is 0 Å². The highest BCUT2D eigenvalue weighted by atomic mass is 16.5. The van der Waals surface area contributed by atoms with E-state index in [2.05, 4.69) is 30.0 Å². The summed E-state index contributed by atoms with van der Waals surface area (Å²) in [5.41, 5.74) is 3.20. The molecule has 0 unspecified atom stereocenters. The topological polar surface area (TPSA) is 63.0 Å². The average Bonchev–Trinajstić information content (AvgIpc) is 2.73. The summed E-state index contributed by atoms with van der Waals surface area (Å²) < 4.78 is 11.4. The lowest BCUT2D eigenvalue weighted by Crippen LogP contribution is -2.48. The summed E-state index contributed by atoms with van der Waals surface area (Å²) in [7, 11) is 0. The Morgan fingerprint density at radius 3 is 2.39 bits per heavy atom. The highest BCUT2D eigenvalue weighted by Crippen LogP contribution is 2.15. The molecular weight excluding hydrogens is 392 g/mol. The van der Waals surface area contributed by atoms with Crippen LogP contribution < -0.4 is 10.2 Å². The summed E-state index contributed by atoms with van der Waals surface area (Å²) in [6, 6.07) is 7.72. The molecule has 1 saturated heterocycles. The van der Waals surface area contributed by atoms with Crippen molar-refractivity contribution in [1.82, 2.24) is 9.80 Å². The fourth-order valence-corrected chi connectivity index (χ4v) is 4.00. The fraction of sp³-hybridized carbons (Fsp3) is 0.520. The van der Waals surface area contributed by atoms with Crippen LogP contribution in [0, 0.1) is 13.8 Å². The Labute approximate surface area is 184 Å². The summed E-state index contributed by atoms with van der Waals surface area (Å²) >= 11 is 0. The van der Waals surface area contributed by atoms with Gasteiger partial charge in [-0.2, -0.15) is 0 Å². The molecule has 2 heterocycles. The maximum absolute atomic E-state index is 12.4. The third-order valence-corrected chi connectivity index (χ3v) is 5.63. The summed E-state index contributed by atoms with van der Waals surface area (Å²) in [6.45, 7) is 10.2. The Morgan fingerprint density at radius 2 is 1.74 bits per heavy atom. The maximum atomic E-state index is 12.4. The second-order valence-electron chi connectivity index (χ2n) is 8.47. The molecule has 6 heteroatoms. The van der Waals surface area contributed by atoms with E-state index in [1.165, 1.54) is 23.5 Å². The number of nitrogens with zero attached hydrogens (tertiary/aromatic N) is 2. The van der Waals surface area contributed by atoms with Gasteiger partial charge in [0.1, 0.15) is 18.6 Å². The van der Waals surface area contributed by atoms with Gasteiger partial charge in [0, 0.05) is 38.7 Å². The molecule has 0 aliphatic carbocycles. The zero-order valence-electron chi connectivity index (χ0n) is 19.0. The van der Waals surface area contributed by atoms with Crippen molar-refractivity contribution in [2.45, 2.75) is 59.6 Å². The Morgan fingerprint density at radius 1 is 1.03 bits per heavy atom. The lowest BCUT2D eigenvalue weighted by atomic mass is 10.1. The van der Waals surface area contributed by atoms with Crippen LogP contribution >= 0.6 is 0 Å². The SMILES string of the molecule is CCCCCC(=O)N1CCN(Cc2cc(=O)c(OCc3cc(C)cc(C)c3)co2)CC1. The van der Waals surface area contributed by atoms with Crippen LogP contribution in [-0.4, -0.2) is 41.9 Å². The van der Waals surface area contributed by atoms with Crippen molar-refractivity contribution in [1.29, 1.82) is 0 Å². The van der Waals surface area contributed by atoms with Crippen LogP contribution in [-0.2, 0) is 17.9 Å². The molecule has 0 spiro atoms. The Hall–Kier alpha value is -2.60. The first kappa shape index (κ1) is 23.1. The van der Waals surface area contributed by atoms with Gasteiger partial charge in [-0.05, 0) is 25.8 Å². The molecule has 1 fully saturated rings. The zero-order valence-corrected chi connectivity index (χ0v) is 19.0. The molecule has 168 valence electrons. The third-order valence-electron chi connectivity index (χ3n) is 5.63. The van der Waals surface area contributed by atoms with E-state index < -0.39 is 0 Å². The predicted octanol–water partition coefficient (Wildman–Crippen LogP) is 4.06. The van der Waals surface area contributed by atoms with Crippen molar-refractivity contribution in [2.24, 2.45) is 0 Å². The molecule has 6 nitrogen and oxygen atoms in total. The molecule has 1 aliphatic rings.